The summed E-state index contributed by atoms with van der Waals surface area (Å²) in [5.74, 6) is 1.88. The lowest BCUT2D eigenvalue weighted by Gasteiger charge is -2.16. The average molecular weight is 427 g/mol. The molecule has 1 rings (SSSR count). The molecule has 0 saturated heterocycles. The van der Waals surface area contributed by atoms with E-state index in [-0.39, 0.29) is 12.2 Å². The SMILES string of the molecule is C\C=C(/C=C(OC)\C(CCS(=O)(=O)Nc1ccc(OC)c(N)c1)=C(/C)OC)OC. The quantitative estimate of drug-likeness (QED) is 0.317. The van der Waals surface area contributed by atoms with Gasteiger partial charge in [-0.25, -0.2) is 8.42 Å². The maximum absolute atomic E-state index is 12.6. The molecule has 0 bridgehead atoms. The van der Waals surface area contributed by atoms with E-state index in [1.165, 1.54) is 27.4 Å². The van der Waals surface area contributed by atoms with Crippen LogP contribution in [0.15, 0.2) is 53.2 Å². The minimum Gasteiger partial charge on any atom is -0.501 e. The van der Waals surface area contributed by atoms with Gasteiger partial charge in [0.1, 0.15) is 17.3 Å². The Morgan fingerprint density at radius 2 is 1.83 bits per heavy atom. The van der Waals surface area contributed by atoms with E-state index < -0.39 is 10.0 Å². The Morgan fingerprint density at radius 1 is 1.14 bits per heavy atom. The molecule has 0 aromatic heterocycles. The van der Waals surface area contributed by atoms with Crippen LogP contribution in [-0.2, 0) is 24.2 Å². The van der Waals surface area contributed by atoms with Crippen LogP contribution in [0.3, 0.4) is 0 Å². The third-order valence-corrected chi connectivity index (χ3v) is 5.45. The summed E-state index contributed by atoms with van der Waals surface area (Å²) in [4.78, 5) is 0. The molecule has 9 heteroatoms. The van der Waals surface area contributed by atoms with Crippen LogP contribution in [0.5, 0.6) is 5.75 Å². The van der Waals surface area contributed by atoms with Crippen molar-refractivity contribution in [3.8, 4) is 5.75 Å². The summed E-state index contributed by atoms with van der Waals surface area (Å²) in [6.45, 7) is 3.57. The Hall–Kier alpha value is -2.81. The highest BCUT2D eigenvalue weighted by Crippen LogP contribution is 2.26. The molecule has 1 aromatic carbocycles. The van der Waals surface area contributed by atoms with Crippen LogP contribution in [0, 0.1) is 0 Å². The van der Waals surface area contributed by atoms with Gasteiger partial charge in [-0.2, -0.15) is 0 Å². The summed E-state index contributed by atoms with van der Waals surface area (Å²) in [6.07, 6.45) is 3.62. The van der Waals surface area contributed by atoms with Gasteiger partial charge in [-0.3, -0.25) is 4.72 Å². The Morgan fingerprint density at radius 3 is 2.31 bits per heavy atom. The smallest absolute Gasteiger partial charge is 0.233 e. The van der Waals surface area contributed by atoms with Crippen LogP contribution >= 0.6 is 0 Å². The number of hydrogen-bond donors (Lipinski definition) is 2. The second-order valence-electron chi connectivity index (χ2n) is 5.97. The third-order valence-electron chi connectivity index (χ3n) is 4.17. The zero-order valence-corrected chi connectivity index (χ0v) is 18.6. The summed E-state index contributed by atoms with van der Waals surface area (Å²) in [5, 5.41) is 0. The second-order valence-corrected chi connectivity index (χ2v) is 7.82. The van der Waals surface area contributed by atoms with Crippen molar-refractivity contribution in [1.29, 1.82) is 0 Å². The minimum atomic E-state index is -3.65. The summed E-state index contributed by atoms with van der Waals surface area (Å²) in [6, 6.07) is 4.69. The molecule has 0 aliphatic carbocycles. The molecule has 1 aromatic rings. The van der Waals surface area contributed by atoms with E-state index in [4.69, 9.17) is 24.7 Å². The number of sulfonamides is 1. The number of nitrogen functional groups attached to an aromatic ring is 1. The zero-order valence-electron chi connectivity index (χ0n) is 17.7. The monoisotopic (exact) mass is 426 g/mol. The number of allylic oxidation sites excluding steroid dienone is 4. The number of ether oxygens (including phenoxy) is 4. The topological polar surface area (TPSA) is 109 Å². The molecule has 0 spiro atoms. The lowest BCUT2D eigenvalue weighted by Crippen LogP contribution is -2.18. The van der Waals surface area contributed by atoms with Gasteiger partial charge in [0, 0.05) is 11.6 Å². The lowest BCUT2D eigenvalue weighted by atomic mass is 10.1. The van der Waals surface area contributed by atoms with Crippen molar-refractivity contribution >= 4 is 21.4 Å². The number of methoxy groups -OCH3 is 4. The van der Waals surface area contributed by atoms with Crippen molar-refractivity contribution in [1.82, 2.24) is 0 Å². The molecule has 3 N–H and O–H groups in total. The van der Waals surface area contributed by atoms with Crippen molar-refractivity contribution in [2.75, 3.05) is 44.6 Å². The number of hydrogen-bond acceptors (Lipinski definition) is 7. The molecule has 0 radical (unpaired) electrons. The number of nitrogens with two attached hydrogens (primary N) is 1. The number of nitrogens with one attached hydrogen (secondary N) is 1. The second kappa shape index (κ2) is 11.3. The van der Waals surface area contributed by atoms with Gasteiger partial charge in [-0.1, -0.05) is 0 Å². The molecule has 0 fully saturated rings. The Bertz CT molecular complexity index is 888. The molecule has 0 heterocycles. The molecular weight excluding hydrogens is 396 g/mol. The first-order valence-corrected chi connectivity index (χ1v) is 10.5. The first-order valence-electron chi connectivity index (χ1n) is 8.85. The predicted molar refractivity (Wildman–Crippen MR) is 115 cm³/mol. The molecule has 0 atom stereocenters. The maximum atomic E-state index is 12.6. The van der Waals surface area contributed by atoms with Gasteiger partial charge in [0.15, 0.2) is 0 Å². The van der Waals surface area contributed by atoms with Gasteiger partial charge in [-0.05, 0) is 44.5 Å². The van der Waals surface area contributed by atoms with Crippen LogP contribution in [0.25, 0.3) is 0 Å². The fourth-order valence-electron chi connectivity index (χ4n) is 2.52. The Labute approximate surface area is 173 Å². The van der Waals surface area contributed by atoms with Crippen molar-refractivity contribution in [2.45, 2.75) is 20.3 Å². The van der Waals surface area contributed by atoms with E-state index in [9.17, 15) is 8.42 Å². The summed E-state index contributed by atoms with van der Waals surface area (Å²) in [7, 11) is 2.40. The van der Waals surface area contributed by atoms with Crippen molar-refractivity contribution in [3.63, 3.8) is 0 Å². The van der Waals surface area contributed by atoms with Gasteiger partial charge in [0.05, 0.1) is 51.3 Å². The number of benzene rings is 1. The Kier molecular flexibility index (Phi) is 9.40. The normalized spacial score (nSPS) is 13.4. The summed E-state index contributed by atoms with van der Waals surface area (Å²) in [5.41, 5.74) is 7.15. The van der Waals surface area contributed by atoms with E-state index in [1.807, 2.05) is 6.92 Å². The third kappa shape index (κ3) is 7.26. The predicted octanol–water partition coefficient (Wildman–Crippen LogP) is 3.41. The average Bonchev–Trinajstić information content (AvgIpc) is 2.69. The van der Waals surface area contributed by atoms with Crippen molar-refractivity contribution < 1.29 is 27.4 Å². The van der Waals surface area contributed by atoms with E-state index in [0.717, 1.165) is 0 Å². The van der Waals surface area contributed by atoms with Crippen LogP contribution in [0.4, 0.5) is 11.4 Å². The fraction of sp³-hybridized carbons (Fsp3) is 0.400. The molecule has 0 amide bonds. The Balaban J connectivity index is 3.06. The first kappa shape index (κ1) is 24.2. The molecule has 29 heavy (non-hydrogen) atoms. The van der Waals surface area contributed by atoms with E-state index in [1.54, 1.807) is 38.3 Å². The number of anilines is 2. The highest BCUT2D eigenvalue weighted by atomic mass is 32.2. The zero-order chi connectivity index (χ0) is 22.0. The van der Waals surface area contributed by atoms with E-state index >= 15 is 0 Å². The van der Waals surface area contributed by atoms with Gasteiger partial charge in [0.2, 0.25) is 10.0 Å². The van der Waals surface area contributed by atoms with Gasteiger partial charge in [0.25, 0.3) is 0 Å². The first-order chi connectivity index (χ1) is 13.7. The molecule has 0 unspecified atom stereocenters. The van der Waals surface area contributed by atoms with Gasteiger partial charge >= 0.3 is 0 Å². The molecule has 0 saturated carbocycles. The molecular formula is C20H30N2O6S. The summed E-state index contributed by atoms with van der Waals surface area (Å²) < 4.78 is 48.8. The highest BCUT2D eigenvalue weighted by molar-refractivity contribution is 7.92. The van der Waals surface area contributed by atoms with Gasteiger partial charge < -0.3 is 24.7 Å². The molecule has 8 nitrogen and oxygen atoms in total. The standard InChI is InChI=1S/C20H30N2O6S/c1-7-16(26-4)13-20(28-6)17(14(2)25-3)10-11-29(23,24)22-15-8-9-19(27-5)18(21)12-15/h7-9,12-13,22H,10-11,21H2,1-6H3/b16-7+,17-14+,20-13+. The maximum Gasteiger partial charge on any atom is 0.233 e. The lowest BCUT2D eigenvalue weighted by molar-refractivity contribution is 0.260. The molecule has 162 valence electrons. The largest absolute Gasteiger partial charge is 0.501 e. The number of rotatable bonds is 11. The highest BCUT2D eigenvalue weighted by Gasteiger charge is 2.18. The van der Waals surface area contributed by atoms with E-state index in [0.29, 0.717) is 40.0 Å². The van der Waals surface area contributed by atoms with E-state index in [2.05, 4.69) is 4.72 Å². The van der Waals surface area contributed by atoms with Crippen LogP contribution < -0.4 is 15.2 Å². The van der Waals surface area contributed by atoms with Crippen molar-refractivity contribution in [3.05, 3.63) is 53.2 Å². The fourth-order valence-corrected chi connectivity index (χ4v) is 3.58. The van der Waals surface area contributed by atoms with Crippen LogP contribution in [-0.4, -0.2) is 42.6 Å². The summed E-state index contributed by atoms with van der Waals surface area (Å²) >= 11 is 0. The molecule has 0 aliphatic rings. The van der Waals surface area contributed by atoms with Crippen LogP contribution in [0.2, 0.25) is 0 Å². The van der Waals surface area contributed by atoms with Crippen molar-refractivity contribution in [2.24, 2.45) is 0 Å². The molecule has 0 aliphatic heterocycles. The minimum absolute atomic E-state index is 0.168. The van der Waals surface area contributed by atoms with Gasteiger partial charge in [-0.15, -0.1) is 0 Å². The van der Waals surface area contributed by atoms with Crippen LogP contribution in [0.1, 0.15) is 20.3 Å².